The van der Waals surface area contributed by atoms with E-state index >= 15 is 0 Å². The van der Waals surface area contributed by atoms with Crippen molar-refractivity contribution in [3.05, 3.63) is 42.0 Å². The van der Waals surface area contributed by atoms with Crippen molar-refractivity contribution in [2.75, 3.05) is 6.61 Å². The Morgan fingerprint density at radius 1 is 1.15 bits per heavy atom. The summed E-state index contributed by atoms with van der Waals surface area (Å²) >= 11 is 0. The van der Waals surface area contributed by atoms with Gasteiger partial charge in [-0.1, -0.05) is 0 Å². The molecular weight excluding hydrogens is 443 g/mol. The Morgan fingerprint density at radius 2 is 1.88 bits per heavy atom. The van der Waals surface area contributed by atoms with E-state index in [4.69, 9.17) is 4.74 Å². The van der Waals surface area contributed by atoms with E-state index < -0.39 is 12.5 Å². The number of alkyl halides is 3. The lowest BCUT2D eigenvalue weighted by atomic mass is 9.38. The average Bonchev–Trinajstić information content (AvgIpc) is 3.02. The van der Waals surface area contributed by atoms with Crippen molar-refractivity contribution in [2.45, 2.75) is 50.6 Å². The van der Waals surface area contributed by atoms with Crippen LogP contribution in [-0.4, -0.2) is 40.1 Å². The zero-order valence-electron chi connectivity index (χ0n) is 17.6. The highest BCUT2D eigenvalue weighted by Gasteiger charge is 2.68. The summed E-state index contributed by atoms with van der Waals surface area (Å²) in [5, 5.41) is 2.93. The van der Waals surface area contributed by atoms with Crippen LogP contribution in [0.2, 0.25) is 0 Å². The molecule has 2 heterocycles. The van der Waals surface area contributed by atoms with Gasteiger partial charge in [-0.3, -0.25) is 14.6 Å². The molecule has 3 saturated carbocycles. The van der Waals surface area contributed by atoms with E-state index in [-0.39, 0.29) is 57.9 Å². The molecule has 8 nitrogen and oxygen atoms in total. The van der Waals surface area contributed by atoms with Crippen molar-refractivity contribution in [3.8, 4) is 17.2 Å². The molecular formula is C22H20F3N3O5. The van der Waals surface area contributed by atoms with E-state index in [0.29, 0.717) is 25.7 Å². The zero-order chi connectivity index (χ0) is 23.4. The first kappa shape index (κ1) is 21.5. The smallest absolute Gasteiger partial charge is 0.484 e. The van der Waals surface area contributed by atoms with Crippen molar-refractivity contribution < 1.29 is 37.0 Å². The van der Waals surface area contributed by atoms with Crippen molar-refractivity contribution in [2.24, 2.45) is 5.41 Å². The molecule has 174 valence electrons. The number of rotatable bonds is 8. The molecule has 0 spiro atoms. The summed E-state index contributed by atoms with van der Waals surface area (Å²) in [6, 6.07) is 3.92. The number of halogens is 3. The molecule has 11 heteroatoms. The summed E-state index contributed by atoms with van der Waals surface area (Å²) in [7, 11) is 0. The molecule has 1 unspecified atom stereocenters. The van der Waals surface area contributed by atoms with Crippen LogP contribution < -0.4 is 19.5 Å². The maximum absolute atomic E-state index is 13.2. The number of carbonyl (C=O) groups is 2. The fourth-order valence-electron chi connectivity index (χ4n) is 4.94. The van der Waals surface area contributed by atoms with E-state index in [1.54, 1.807) is 0 Å². The summed E-state index contributed by atoms with van der Waals surface area (Å²) in [5.74, 6) is -0.581. The maximum Gasteiger partial charge on any atom is 0.586 e. The lowest BCUT2D eigenvalue weighted by Crippen LogP contribution is -2.75. The number of nitrogens with one attached hydrogen (secondary N) is 1. The number of Topliss-reactive ketones (excluding diaryl/α,β-unsaturated/α-hetero) is 1. The van der Waals surface area contributed by atoms with Gasteiger partial charge in [0.25, 0.3) is 5.91 Å². The van der Waals surface area contributed by atoms with Crippen LogP contribution in [0.5, 0.6) is 17.2 Å². The van der Waals surface area contributed by atoms with E-state index in [9.17, 15) is 22.8 Å². The third-order valence-corrected chi connectivity index (χ3v) is 6.19. The highest BCUT2D eigenvalue weighted by atomic mass is 19.3. The van der Waals surface area contributed by atoms with Crippen LogP contribution in [0.1, 0.15) is 55.0 Å². The van der Waals surface area contributed by atoms with Crippen LogP contribution in [-0.2, 0) is 4.79 Å². The molecule has 2 bridgehead atoms. The van der Waals surface area contributed by atoms with Crippen molar-refractivity contribution in [1.82, 2.24) is 15.3 Å². The minimum atomic E-state index is -3.72. The van der Waals surface area contributed by atoms with E-state index in [1.807, 2.05) is 0 Å². The van der Waals surface area contributed by atoms with Crippen LogP contribution >= 0.6 is 0 Å². The third kappa shape index (κ3) is 4.07. The Labute approximate surface area is 186 Å². The van der Waals surface area contributed by atoms with Crippen LogP contribution in [0.4, 0.5) is 13.2 Å². The first-order chi connectivity index (χ1) is 15.6. The molecule has 0 saturated heterocycles. The highest BCUT2D eigenvalue weighted by molar-refractivity contribution is 5.94. The lowest BCUT2D eigenvalue weighted by molar-refractivity contribution is -0.286. The van der Waals surface area contributed by atoms with Crippen LogP contribution in [0.15, 0.2) is 30.6 Å². The Balaban J connectivity index is 1.08. The summed E-state index contributed by atoms with van der Waals surface area (Å²) in [6.45, 7) is 1.06. The van der Waals surface area contributed by atoms with Gasteiger partial charge in [-0.05, 0) is 43.7 Å². The van der Waals surface area contributed by atoms with Crippen molar-refractivity contribution in [1.29, 1.82) is 0 Å². The van der Waals surface area contributed by atoms with Gasteiger partial charge in [0, 0.05) is 18.0 Å². The number of hydrogen-bond donors (Lipinski definition) is 1. The first-order valence-corrected chi connectivity index (χ1v) is 10.4. The molecule has 1 aromatic heterocycles. The van der Waals surface area contributed by atoms with E-state index in [1.165, 1.54) is 37.5 Å². The predicted molar refractivity (Wildman–Crippen MR) is 106 cm³/mol. The predicted octanol–water partition coefficient (Wildman–Crippen LogP) is 3.52. The monoisotopic (exact) mass is 463 g/mol. The Hall–Kier alpha value is -3.37. The van der Waals surface area contributed by atoms with Crippen LogP contribution in [0.3, 0.4) is 0 Å². The molecule has 4 aliphatic rings. The minimum Gasteiger partial charge on any atom is -0.484 e. The topological polar surface area (TPSA) is 99.6 Å². The summed E-state index contributed by atoms with van der Waals surface area (Å²) in [6.07, 6.45) is -0.0954. The van der Waals surface area contributed by atoms with Crippen LogP contribution in [0.25, 0.3) is 0 Å². The molecule has 1 aliphatic heterocycles. The van der Waals surface area contributed by atoms with Gasteiger partial charge < -0.3 is 19.5 Å². The Kier molecular flexibility index (Phi) is 4.77. The number of hydrogen-bond acceptors (Lipinski definition) is 7. The number of benzene rings is 1. The lowest BCUT2D eigenvalue weighted by Gasteiger charge is -2.70. The number of amides is 1. The summed E-state index contributed by atoms with van der Waals surface area (Å²) in [4.78, 5) is 32.7. The molecule has 6 rings (SSSR count). The Bertz CT molecular complexity index is 1100. The third-order valence-electron chi connectivity index (χ3n) is 6.19. The van der Waals surface area contributed by atoms with Gasteiger partial charge in [0.1, 0.15) is 17.6 Å². The molecule has 1 N–H and O–H groups in total. The summed E-state index contributed by atoms with van der Waals surface area (Å²) in [5.41, 5.74) is -0.130. The molecule has 2 aromatic rings. The standard InChI is InChI=1S/C22H20F3N3O5/c1-12(23)14-6-27-15(7-26-14)16(29)5-20-9-21(10-20,11-20)28-19(30)8-31-13-2-3-17-18(4-13)33-22(24,25)32-17/h2-4,6-7,12H,5,8-11H2,1H3,(H,28,30). The zero-order valence-corrected chi connectivity index (χ0v) is 17.6. The number of ketones is 1. The summed E-state index contributed by atoms with van der Waals surface area (Å²) < 4.78 is 53.4. The van der Waals surface area contributed by atoms with Gasteiger partial charge in [-0.25, -0.2) is 9.37 Å². The van der Waals surface area contributed by atoms with E-state index in [0.717, 1.165) is 0 Å². The minimum absolute atomic E-state index is 0.107. The second-order valence-corrected chi connectivity index (χ2v) is 8.97. The van der Waals surface area contributed by atoms with Crippen molar-refractivity contribution in [3.63, 3.8) is 0 Å². The van der Waals surface area contributed by atoms with Crippen LogP contribution in [0, 0.1) is 5.41 Å². The SMILES string of the molecule is CC(F)c1cnc(C(=O)CC23CC(NC(=O)COc4ccc5c(c4)OC(F)(F)O5)(C2)C3)cn1. The second-order valence-electron chi connectivity index (χ2n) is 8.97. The van der Waals surface area contributed by atoms with Gasteiger partial charge in [0.15, 0.2) is 23.9 Å². The first-order valence-electron chi connectivity index (χ1n) is 10.4. The number of nitrogens with zero attached hydrogens (tertiary/aromatic N) is 2. The molecule has 0 radical (unpaired) electrons. The van der Waals surface area contributed by atoms with Gasteiger partial charge >= 0.3 is 6.29 Å². The number of fused-ring (bicyclic) bond motifs is 1. The largest absolute Gasteiger partial charge is 0.586 e. The average molecular weight is 463 g/mol. The Morgan fingerprint density at radius 3 is 2.55 bits per heavy atom. The maximum atomic E-state index is 13.2. The normalized spacial score (nSPS) is 26.5. The number of ether oxygens (including phenoxy) is 3. The molecule has 33 heavy (non-hydrogen) atoms. The quantitative estimate of drug-likeness (QED) is 0.598. The number of aromatic nitrogens is 2. The van der Waals surface area contributed by atoms with Gasteiger partial charge in [0.05, 0.1) is 18.1 Å². The van der Waals surface area contributed by atoms with Gasteiger partial charge in [0.2, 0.25) is 0 Å². The second kappa shape index (κ2) is 7.32. The molecule has 1 aromatic carbocycles. The van der Waals surface area contributed by atoms with Gasteiger partial charge in [-0.15, -0.1) is 8.78 Å². The molecule has 1 atom stereocenters. The molecule has 1 amide bonds. The number of carbonyl (C=O) groups excluding carboxylic acids is 2. The molecule has 3 fully saturated rings. The van der Waals surface area contributed by atoms with Gasteiger partial charge in [-0.2, -0.15) is 0 Å². The van der Waals surface area contributed by atoms with E-state index in [2.05, 4.69) is 24.8 Å². The molecule has 3 aliphatic carbocycles. The fraction of sp³-hybridized carbons (Fsp3) is 0.455. The fourth-order valence-corrected chi connectivity index (χ4v) is 4.94. The highest BCUT2D eigenvalue weighted by Crippen LogP contribution is 2.69. The van der Waals surface area contributed by atoms with Crippen molar-refractivity contribution >= 4 is 11.7 Å².